The summed E-state index contributed by atoms with van der Waals surface area (Å²) in [6.45, 7) is 2.49. The zero-order chi connectivity index (χ0) is 18.9. The van der Waals surface area contributed by atoms with Crippen LogP contribution >= 0.6 is 0 Å². The van der Waals surface area contributed by atoms with Crippen LogP contribution in [0.15, 0.2) is 21.6 Å². The van der Waals surface area contributed by atoms with Gasteiger partial charge < -0.3 is 14.8 Å². The third-order valence-corrected chi connectivity index (χ3v) is 7.36. The molecule has 9 heteroatoms. The lowest BCUT2D eigenvalue weighted by molar-refractivity contribution is -0.129. The molecule has 1 saturated carbocycles. The Hall–Kier alpha value is -1.87. The first-order valence-electron chi connectivity index (χ1n) is 8.93. The molecule has 2 aliphatic rings. The van der Waals surface area contributed by atoms with E-state index in [0.29, 0.717) is 12.8 Å². The van der Waals surface area contributed by atoms with Gasteiger partial charge in [0.1, 0.15) is 0 Å². The molecule has 0 unspecified atom stereocenters. The summed E-state index contributed by atoms with van der Waals surface area (Å²) in [5.41, 5.74) is -0.0678. The van der Waals surface area contributed by atoms with E-state index >= 15 is 0 Å². The summed E-state index contributed by atoms with van der Waals surface area (Å²) >= 11 is 0. The first-order valence-corrected chi connectivity index (χ1v) is 10.4. The molecule has 1 aliphatic carbocycles. The Morgan fingerprint density at radius 3 is 2.42 bits per heavy atom. The number of amides is 1. The second-order valence-corrected chi connectivity index (χ2v) is 8.95. The SMILES string of the molecule is CCC1(NC(=O)C2CCN(S(=O)(=O)c3ccc(C(=O)O)o3)CC2)CCC1. The van der Waals surface area contributed by atoms with Gasteiger partial charge in [-0.15, -0.1) is 0 Å². The highest BCUT2D eigenvalue weighted by Gasteiger charge is 2.39. The van der Waals surface area contributed by atoms with Gasteiger partial charge in [0.05, 0.1) is 0 Å². The molecule has 0 aromatic carbocycles. The zero-order valence-electron chi connectivity index (χ0n) is 14.7. The summed E-state index contributed by atoms with van der Waals surface area (Å²) in [5.74, 6) is -1.92. The number of carboxylic acid groups (broad SMARTS) is 1. The van der Waals surface area contributed by atoms with Crippen molar-refractivity contribution >= 4 is 21.9 Å². The number of nitrogens with one attached hydrogen (secondary N) is 1. The number of sulfonamides is 1. The Morgan fingerprint density at radius 2 is 1.96 bits per heavy atom. The Bertz CT molecular complexity index is 782. The molecular formula is C17H24N2O6S. The molecule has 26 heavy (non-hydrogen) atoms. The van der Waals surface area contributed by atoms with Crippen LogP contribution in [0.3, 0.4) is 0 Å². The fourth-order valence-corrected chi connectivity index (χ4v) is 4.97. The molecule has 2 heterocycles. The third kappa shape index (κ3) is 3.50. The van der Waals surface area contributed by atoms with Crippen LogP contribution in [-0.4, -0.2) is 48.3 Å². The van der Waals surface area contributed by atoms with E-state index in [-0.39, 0.29) is 35.5 Å². The minimum Gasteiger partial charge on any atom is -0.475 e. The molecule has 0 spiro atoms. The lowest BCUT2D eigenvalue weighted by Gasteiger charge is -2.43. The molecule has 1 aromatic heterocycles. The van der Waals surface area contributed by atoms with Crippen LogP contribution in [0.25, 0.3) is 0 Å². The van der Waals surface area contributed by atoms with Gasteiger partial charge in [-0.05, 0) is 50.7 Å². The lowest BCUT2D eigenvalue weighted by Crippen LogP contribution is -2.55. The highest BCUT2D eigenvalue weighted by atomic mass is 32.2. The maximum atomic E-state index is 12.6. The van der Waals surface area contributed by atoms with Gasteiger partial charge in [0, 0.05) is 24.5 Å². The van der Waals surface area contributed by atoms with Crippen molar-refractivity contribution in [2.75, 3.05) is 13.1 Å². The number of hydrogen-bond acceptors (Lipinski definition) is 5. The average Bonchev–Trinajstić information content (AvgIpc) is 3.09. The molecule has 144 valence electrons. The van der Waals surface area contributed by atoms with Crippen LogP contribution in [0.4, 0.5) is 0 Å². The van der Waals surface area contributed by atoms with Crippen molar-refractivity contribution < 1.29 is 27.5 Å². The van der Waals surface area contributed by atoms with E-state index < -0.39 is 21.8 Å². The van der Waals surface area contributed by atoms with E-state index in [1.54, 1.807) is 0 Å². The van der Waals surface area contributed by atoms with Crippen molar-refractivity contribution in [3.8, 4) is 0 Å². The van der Waals surface area contributed by atoms with Gasteiger partial charge in [0.15, 0.2) is 0 Å². The number of rotatable bonds is 6. The van der Waals surface area contributed by atoms with E-state index in [0.717, 1.165) is 37.8 Å². The number of carboxylic acids is 1. The number of carbonyl (C=O) groups is 2. The van der Waals surface area contributed by atoms with Crippen molar-refractivity contribution in [3.05, 3.63) is 17.9 Å². The molecule has 0 bridgehead atoms. The average molecular weight is 384 g/mol. The number of carbonyl (C=O) groups excluding carboxylic acids is 1. The van der Waals surface area contributed by atoms with E-state index in [9.17, 15) is 18.0 Å². The second kappa shape index (κ2) is 7.03. The highest BCUT2D eigenvalue weighted by molar-refractivity contribution is 7.89. The number of piperidine rings is 1. The molecule has 0 atom stereocenters. The van der Waals surface area contributed by atoms with E-state index in [2.05, 4.69) is 12.2 Å². The standard InChI is InChI=1S/C17H24N2O6S/c1-2-17(8-3-9-17)18-15(20)12-6-10-19(11-7-12)26(23,24)14-5-4-13(25-14)16(21)22/h4-5,12H,2-3,6-11H2,1H3,(H,18,20)(H,21,22). The Morgan fingerprint density at radius 1 is 1.31 bits per heavy atom. The van der Waals surface area contributed by atoms with Crippen LogP contribution in [-0.2, 0) is 14.8 Å². The number of nitrogens with zero attached hydrogens (tertiary/aromatic N) is 1. The van der Waals surface area contributed by atoms with Crippen molar-refractivity contribution in [2.24, 2.45) is 5.92 Å². The second-order valence-electron chi connectivity index (χ2n) is 7.08. The Labute approximate surface area is 152 Å². The fourth-order valence-electron chi connectivity index (χ4n) is 3.59. The predicted molar refractivity (Wildman–Crippen MR) is 92.2 cm³/mol. The summed E-state index contributed by atoms with van der Waals surface area (Å²) in [4.78, 5) is 23.4. The molecule has 2 fully saturated rings. The van der Waals surface area contributed by atoms with E-state index in [1.807, 2.05) is 0 Å². The van der Waals surface area contributed by atoms with E-state index in [4.69, 9.17) is 9.52 Å². The Balaban J connectivity index is 1.60. The molecule has 1 aromatic rings. The monoisotopic (exact) mass is 384 g/mol. The van der Waals surface area contributed by atoms with Gasteiger partial charge >= 0.3 is 5.97 Å². The Kier molecular flexibility index (Phi) is 5.12. The van der Waals surface area contributed by atoms with E-state index in [1.165, 1.54) is 4.31 Å². The summed E-state index contributed by atoms with van der Waals surface area (Å²) < 4.78 is 31.3. The smallest absolute Gasteiger partial charge is 0.371 e. The van der Waals surface area contributed by atoms with Gasteiger partial charge in [-0.25, -0.2) is 13.2 Å². The van der Waals surface area contributed by atoms with Crippen molar-refractivity contribution in [1.29, 1.82) is 0 Å². The van der Waals surface area contributed by atoms with Gasteiger partial charge in [-0.2, -0.15) is 4.31 Å². The largest absolute Gasteiger partial charge is 0.475 e. The van der Waals surface area contributed by atoms with Crippen LogP contribution in [0.1, 0.15) is 56.0 Å². The van der Waals surface area contributed by atoms with Gasteiger partial charge in [-0.3, -0.25) is 4.79 Å². The predicted octanol–water partition coefficient (Wildman–Crippen LogP) is 1.83. The van der Waals surface area contributed by atoms with Crippen LogP contribution in [0.2, 0.25) is 0 Å². The summed E-state index contributed by atoms with van der Waals surface area (Å²) in [7, 11) is -3.89. The quantitative estimate of drug-likeness (QED) is 0.773. The highest BCUT2D eigenvalue weighted by Crippen LogP contribution is 2.35. The molecule has 1 amide bonds. The fraction of sp³-hybridized carbons (Fsp3) is 0.647. The number of furan rings is 1. The molecule has 0 radical (unpaired) electrons. The zero-order valence-corrected chi connectivity index (χ0v) is 15.5. The first kappa shape index (κ1) is 18.9. The molecule has 1 saturated heterocycles. The molecule has 3 rings (SSSR count). The lowest BCUT2D eigenvalue weighted by atomic mass is 9.74. The van der Waals surface area contributed by atoms with Crippen LogP contribution in [0, 0.1) is 5.92 Å². The maximum Gasteiger partial charge on any atom is 0.371 e. The van der Waals surface area contributed by atoms with Crippen molar-refractivity contribution in [1.82, 2.24) is 9.62 Å². The molecule has 8 nitrogen and oxygen atoms in total. The van der Waals surface area contributed by atoms with Gasteiger partial charge in [-0.1, -0.05) is 6.92 Å². The normalized spacial score (nSPS) is 21.1. The molecule has 2 N–H and O–H groups in total. The molecule has 1 aliphatic heterocycles. The van der Waals surface area contributed by atoms with Gasteiger partial charge in [0.25, 0.3) is 10.0 Å². The topological polar surface area (TPSA) is 117 Å². The first-order chi connectivity index (χ1) is 12.3. The van der Waals surface area contributed by atoms with Crippen LogP contribution in [0.5, 0.6) is 0 Å². The summed E-state index contributed by atoms with van der Waals surface area (Å²) in [5, 5.41) is 11.6. The summed E-state index contributed by atoms with van der Waals surface area (Å²) in [6, 6.07) is 2.28. The third-order valence-electron chi connectivity index (χ3n) is 5.59. The van der Waals surface area contributed by atoms with Gasteiger partial charge in [0.2, 0.25) is 16.8 Å². The van der Waals surface area contributed by atoms with Crippen molar-refractivity contribution in [2.45, 2.75) is 56.1 Å². The number of aromatic carboxylic acids is 1. The maximum absolute atomic E-state index is 12.6. The minimum absolute atomic E-state index is 0.00904. The van der Waals surface area contributed by atoms with Crippen molar-refractivity contribution in [3.63, 3.8) is 0 Å². The molecular weight excluding hydrogens is 360 g/mol. The van der Waals surface area contributed by atoms with Crippen LogP contribution < -0.4 is 5.32 Å². The minimum atomic E-state index is -3.89. The summed E-state index contributed by atoms with van der Waals surface area (Å²) in [6.07, 6.45) is 4.94. The number of hydrogen-bond donors (Lipinski definition) is 2.